The van der Waals surface area contributed by atoms with Crippen LogP contribution in [0.15, 0.2) is 12.7 Å². The number of nitrogens with zero attached hydrogens (tertiary/aromatic N) is 1. The number of ether oxygens (including phenoxy) is 1. The third kappa shape index (κ3) is 4.18. The Morgan fingerprint density at radius 1 is 1.67 bits per heavy atom. The van der Waals surface area contributed by atoms with Crippen LogP contribution in [-0.4, -0.2) is 37.1 Å². The third-order valence-corrected chi connectivity index (χ3v) is 2.13. The molecule has 15 heavy (non-hydrogen) atoms. The lowest BCUT2D eigenvalue weighted by Crippen LogP contribution is -2.45. The fraction of sp³-hybridized carbons (Fsp3) is 0.583. The molecule has 0 amide bonds. The average molecular weight is 209 g/mol. The maximum atomic E-state index is 11.6. The lowest BCUT2D eigenvalue weighted by Gasteiger charge is -2.29. The SMILES string of the molecule is C#CCN(CC=C)[C@H](C(=O)OC)C(C)C. The van der Waals surface area contributed by atoms with E-state index < -0.39 is 0 Å². The van der Waals surface area contributed by atoms with E-state index >= 15 is 0 Å². The Labute approximate surface area is 92.1 Å². The molecule has 0 aliphatic heterocycles. The molecule has 0 N–H and O–H groups in total. The van der Waals surface area contributed by atoms with Gasteiger partial charge in [-0.1, -0.05) is 25.8 Å². The third-order valence-electron chi connectivity index (χ3n) is 2.13. The van der Waals surface area contributed by atoms with Gasteiger partial charge in [-0.05, 0) is 5.92 Å². The van der Waals surface area contributed by atoms with Gasteiger partial charge in [-0.15, -0.1) is 13.0 Å². The van der Waals surface area contributed by atoms with Crippen molar-refractivity contribution in [3.8, 4) is 12.3 Å². The standard InChI is InChI=1S/C12H19NO2/c1-6-8-13(9-7-2)11(10(3)4)12(14)15-5/h1,7,10-11H,2,8-9H2,3-5H3/t11-/m0/s1. The van der Waals surface area contributed by atoms with Crippen molar-refractivity contribution in [2.45, 2.75) is 19.9 Å². The van der Waals surface area contributed by atoms with E-state index in [2.05, 4.69) is 12.5 Å². The number of methoxy groups -OCH3 is 1. The van der Waals surface area contributed by atoms with E-state index in [9.17, 15) is 4.79 Å². The Kier molecular flexibility index (Phi) is 6.48. The molecule has 0 rings (SSSR count). The molecule has 0 unspecified atom stereocenters. The normalized spacial score (nSPS) is 12.3. The van der Waals surface area contributed by atoms with Crippen molar-refractivity contribution in [1.82, 2.24) is 4.90 Å². The molecule has 3 heteroatoms. The van der Waals surface area contributed by atoms with Crippen molar-refractivity contribution >= 4 is 5.97 Å². The molecule has 0 aliphatic rings. The molecule has 84 valence electrons. The Hall–Kier alpha value is -1.27. The summed E-state index contributed by atoms with van der Waals surface area (Å²) < 4.78 is 4.76. The molecule has 0 saturated carbocycles. The number of terminal acetylenes is 1. The van der Waals surface area contributed by atoms with Crippen molar-refractivity contribution in [2.24, 2.45) is 5.92 Å². The van der Waals surface area contributed by atoms with E-state index in [0.717, 1.165) is 0 Å². The van der Waals surface area contributed by atoms with Crippen molar-refractivity contribution in [3.63, 3.8) is 0 Å². The number of carbonyl (C=O) groups excluding carboxylic acids is 1. The van der Waals surface area contributed by atoms with Gasteiger partial charge < -0.3 is 4.74 Å². The lowest BCUT2D eigenvalue weighted by molar-refractivity contribution is -0.148. The highest BCUT2D eigenvalue weighted by molar-refractivity contribution is 5.76. The van der Waals surface area contributed by atoms with E-state index in [-0.39, 0.29) is 17.9 Å². The second-order valence-electron chi connectivity index (χ2n) is 3.63. The van der Waals surface area contributed by atoms with E-state index in [0.29, 0.717) is 13.1 Å². The van der Waals surface area contributed by atoms with Crippen LogP contribution in [0, 0.1) is 18.3 Å². The van der Waals surface area contributed by atoms with Gasteiger partial charge in [-0.25, -0.2) is 0 Å². The van der Waals surface area contributed by atoms with Crippen LogP contribution in [-0.2, 0) is 9.53 Å². The molecule has 0 aliphatic carbocycles. The van der Waals surface area contributed by atoms with Gasteiger partial charge in [-0.3, -0.25) is 9.69 Å². The number of hydrogen-bond acceptors (Lipinski definition) is 3. The minimum absolute atomic E-state index is 0.158. The maximum Gasteiger partial charge on any atom is 0.323 e. The first kappa shape index (κ1) is 13.7. The lowest BCUT2D eigenvalue weighted by atomic mass is 10.0. The van der Waals surface area contributed by atoms with Gasteiger partial charge in [0.05, 0.1) is 13.7 Å². The summed E-state index contributed by atoms with van der Waals surface area (Å²) in [5.41, 5.74) is 0. The van der Waals surface area contributed by atoms with Crippen LogP contribution in [0.5, 0.6) is 0 Å². The molecule has 0 bridgehead atoms. The van der Waals surface area contributed by atoms with Crippen LogP contribution >= 0.6 is 0 Å². The zero-order valence-corrected chi connectivity index (χ0v) is 9.69. The quantitative estimate of drug-likeness (QED) is 0.375. The van der Waals surface area contributed by atoms with Gasteiger partial charge in [0.2, 0.25) is 0 Å². The Morgan fingerprint density at radius 2 is 2.27 bits per heavy atom. The van der Waals surface area contributed by atoms with Crippen LogP contribution in [0.4, 0.5) is 0 Å². The van der Waals surface area contributed by atoms with Crippen molar-refractivity contribution in [3.05, 3.63) is 12.7 Å². The zero-order chi connectivity index (χ0) is 11.8. The van der Waals surface area contributed by atoms with E-state index in [1.807, 2.05) is 18.7 Å². The van der Waals surface area contributed by atoms with Gasteiger partial charge in [0.1, 0.15) is 6.04 Å². The van der Waals surface area contributed by atoms with Crippen LogP contribution in [0.3, 0.4) is 0 Å². The van der Waals surface area contributed by atoms with Gasteiger partial charge in [0.15, 0.2) is 0 Å². The van der Waals surface area contributed by atoms with E-state index in [1.165, 1.54) is 7.11 Å². The van der Waals surface area contributed by atoms with E-state index in [1.54, 1.807) is 6.08 Å². The summed E-state index contributed by atoms with van der Waals surface area (Å²) in [5.74, 6) is 2.45. The van der Waals surface area contributed by atoms with Gasteiger partial charge >= 0.3 is 5.97 Å². The molecule has 0 spiro atoms. The molecule has 0 heterocycles. The van der Waals surface area contributed by atoms with Crippen molar-refractivity contribution in [1.29, 1.82) is 0 Å². The second-order valence-corrected chi connectivity index (χ2v) is 3.63. The summed E-state index contributed by atoms with van der Waals surface area (Å²) in [7, 11) is 1.39. The summed E-state index contributed by atoms with van der Waals surface area (Å²) in [6, 6.07) is -0.302. The Morgan fingerprint density at radius 3 is 2.60 bits per heavy atom. The summed E-state index contributed by atoms with van der Waals surface area (Å²) in [4.78, 5) is 13.5. The molecule has 0 aromatic rings. The fourth-order valence-electron chi connectivity index (χ4n) is 1.52. The van der Waals surface area contributed by atoms with Crippen LogP contribution in [0.25, 0.3) is 0 Å². The largest absolute Gasteiger partial charge is 0.468 e. The number of carbonyl (C=O) groups is 1. The second kappa shape index (κ2) is 7.08. The molecule has 0 aromatic heterocycles. The summed E-state index contributed by atoms with van der Waals surface area (Å²) in [6.45, 7) is 8.59. The number of esters is 1. The van der Waals surface area contributed by atoms with Crippen molar-refractivity contribution < 1.29 is 9.53 Å². The molecule has 0 radical (unpaired) electrons. The highest BCUT2D eigenvalue weighted by Crippen LogP contribution is 2.12. The average Bonchev–Trinajstić information content (AvgIpc) is 2.18. The minimum Gasteiger partial charge on any atom is -0.468 e. The monoisotopic (exact) mass is 209 g/mol. The number of rotatable bonds is 6. The van der Waals surface area contributed by atoms with E-state index in [4.69, 9.17) is 11.2 Å². The molecular formula is C12H19NO2. The first-order valence-electron chi connectivity index (χ1n) is 4.94. The molecule has 3 nitrogen and oxygen atoms in total. The predicted molar refractivity (Wildman–Crippen MR) is 61.2 cm³/mol. The van der Waals surface area contributed by atoms with Crippen LogP contribution in [0.2, 0.25) is 0 Å². The Balaban J connectivity index is 4.75. The van der Waals surface area contributed by atoms with Crippen LogP contribution in [0.1, 0.15) is 13.8 Å². The number of hydrogen-bond donors (Lipinski definition) is 0. The van der Waals surface area contributed by atoms with Crippen molar-refractivity contribution in [2.75, 3.05) is 20.2 Å². The van der Waals surface area contributed by atoms with Gasteiger partial charge in [0.25, 0.3) is 0 Å². The molecule has 0 aromatic carbocycles. The van der Waals surface area contributed by atoms with Crippen LogP contribution < -0.4 is 0 Å². The smallest absolute Gasteiger partial charge is 0.323 e. The first-order chi connectivity index (χ1) is 7.08. The molecular weight excluding hydrogens is 190 g/mol. The molecule has 0 fully saturated rings. The molecule has 0 saturated heterocycles. The molecule has 1 atom stereocenters. The fourth-order valence-corrected chi connectivity index (χ4v) is 1.52. The van der Waals surface area contributed by atoms with Gasteiger partial charge in [-0.2, -0.15) is 0 Å². The Bertz CT molecular complexity index is 253. The highest BCUT2D eigenvalue weighted by Gasteiger charge is 2.28. The summed E-state index contributed by atoms with van der Waals surface area (Å²) in [5, 5.41) is 0. The first-order valence-corrected chi connectivity index (χ1v) is 4.94. The summed E-state index contributed by atoms with van der Waals surface area (Å²) in [6.07, 6.45) is 6.99. The van der Waals surface area contributed by atoms with Gasteiger partial charge in [0, 0.05) is 6.54 Å². The summed E-state index contributed by atoms with van der Waals surface area (Å²) >= 11 is 0. The maximum absolute atomic E-state index is 11.6. The minimum atomic E-state index is -0.302. The topological polar surface area (TPSA) is 29.5 Å². The zero-order valence-electron chi connectivity index (χ0n) is 9.69. The predicted octanol–water partition coefficient (Wildman–Crippen LogP) is 1.31. The highest BCUT2D eigenvalue weighted by atomic mass is 16.5.